The van der Waals surface area contributed by atoms with Gasteiger partial charge < -0.3 is 24.3 Å². The summed E-state index contributed by atoms with van der Waals surface area (Å²) in [7, 11) is 2.46. The molecule has 0 fully saturated rings. The monoisotopic (exact) mass is 357 g/mol. The van der Waals surface area contributed by atoms with Crippen LogP contribution >= 0.6 is 0 Å². The number of ether oxygens (including phenoxy) is 4. The van der Waals surface area contributed by atoms with Crippen molar-refractivity contribution in [2.45, 2.75) is 0 Å². The van der Waals surface area contributed by atoms with Gasteiger partial charge in [0.05, 0.1) is 31.0 Å². The fourth-order valence-corrected chi connectivity index (χ4v) is 2.41. The van der Waals surface area contributed by atoms with Crippen molar-refractivity contribution >= 4 is 23.5 Å². The second-order valence-corrected chi connectivity index (χ2v) is 5.27. The minimum Gasteiger partial charge on any atom is -0.465 e. The SMILES string of the molecule is COC(=O)c1ccc(C(=O)OC)c(NC(=O)c2ccc3c(c2)OCO3)c1. The molecule has 0 aliphatic carbocycles. The van der Waals surface area contributed by atoms with Crippen molar-refractivity contribution in [2.75, 3.05) is 26.3 Å². The number of carbonyl (C=O) groups is 3. The maximum Gasteiger partial charge on any atom is 0.339 e. The maximum atomic E-state index is 12.6. The molecule has 0 aromatic heterocycles. The van der Waals surface area contributed by atoms with E-state index in [0.29, 0.717) is 17.1 Å². The van der Waals surface area contributed by atoms with Gasteiger partial charge in [-0.2, -0.15) is 0 Å². The van der Waals surface area contributed by atoms with Gasteiger partial charge in [0.2, 0.25) is 6.79 Å². The van der Waals surface area contributed by atoms with Crippen LogP contribution in [0.2, 0.25) is 0 Å². The van der Waals surface area contributed by atoms with Crippen molar-refractivity contribution in [2.24, 2.45) is 0 Å². The van der Waals surface area contributed by atoms with E-state index in [1.165, 1.54) is 38.5 Å². The van der Waals surface area contributed by atoms with Crippen LogP contribution < -0.4 is 14.8 Å². The Balaban J connectivity index is 1.92. The summed E-state index contributed by atoms with van der Waals surface area (Å²) >= 11 is 0. The number of esters is 2. The summed E-state index contributed by atoms with van der Waals surface area (Å²) in [6.07, 6.45) is 0. The topological polar surface area (TPSA) is 100 Å². The van der Waals surface area contributed by atoms with Crippen molar-refractivity contribution in [1.29, 1.82) is 0 Å². The zero-order valence-electron chi connectivity index (χ0n) is 14.0. The minimum atomic E-state index is -0.651. The Morgan fingerprint density at radius 2 is 1.58 bits per heavy atom. The molecule has 0 bridgehead atoms. The van der Waals surface area contributed by atoms with Crippen LogP contribution in [0.25, 0.3) is 0 Å². The summed E-state index contributed by atoms with van der Waals surface area (Å²) in [5, 5.41) is 2.61. The molecule has 0 saturated heterocycles. The Labute approximate surface area is 148 Å². The third-order valence-corrected chi connectivity index (χ3v) is 3.73. The number of nitrogens with one attached hydrogen (secondary N) is 1. The van der Waals surface area contributed by atoms with Gasteiger partial charge in [-0.1, -0.05) is 0 Å². The number of anilines is 1. The first kappa shape index (κ1) is 17.3. The highest BCUT2D eigenvalue weighted by Gasteiger charge is 2.20. The summed E-state index contributed by atoms with van der Waals surface area (Å²) in [6.45, 7) is 0.0913. The number of methoxy groups -OCH3 is 2. The second-order valence-electron chi connectivity index (χ2n) is 5.27. The predicted octanol–water partition coefficient (Wildman–Crippen LogP) is 2.24. The number of amides is 1. The van der Waals surface area contributed by atoms with E-state index in [2.05, 4.69) is 10.1 Å². The third-order valence-electron chi connectivity index (χ3n) is 3.73. The smallest absolute Gasteiger partial charge is 0.339 e. The zero-order chi connectivity index (χ0) is 18.7. The van der Waals surface area contributed by atoms with Gasteiger partial charge in [0.25, 0.3) is 5.91 Å². The summed E-state index contributed by atoms with van der Waals surface area (Å²) in [6, 6.07) is 8.85. The molecule has 1 aliphatic rings. The van der Waals surface area contributed by atoms with Gasteiger partial charge in [0.1, 0.15) is 0 Å². The van der Waals surface area contributed by atoms with Crippen molar-refractivity contribution in [3.8, 4) is 11.5 Å². The van der Waals surface area contributed by atoms with E-state index in [4.69, 9.17) is 14.2 Å². The van der Waals surface area contributed by atoms with Crippen LogP contribution in [0.3, 0.4) is 0 Å². The van der Waals surface area contributed by atoms with Crippen LogP contribution in [0.1, 0.15) is 31.1 Å². The maximum absolute atomic E-state index is 12.6. The van der Waals surface area contributed by atoms with Gasteiger partial charge in [0, 0.05) is 5.56 Å². The largest absolute Gasteiger partial charge is 0.465 e. The Bertz CT molecular complexity index is 891. The highest BCUT2D eigenvalue weighted by molar-refractivity contribution is 6.09. The lowest BCUT2D eigenvalue weighted by atomic mass is 10.1. The van der Waals surface area contributed by atoms with Crippen LogP contribution in [-0.4, -0.2) is 38.9 Å². The Morgan fingerprint density at radius 3 is 2.31 bits per heavy atom. The molecule has 134 valence electrons. The van der Waals surface area contributed by atoms with Gasteiger partial charge in [-0.3, -0.25) is 4.79 Å². The summed E-state index contributed by atoms with van der Waals surface area (Å²) < 4.78 is 19.8. The van der Waals surface area contributed by atoms with Crippen molar-refractivity contribution in [1.82, 2.24) is 0 Å². The van der Waals surface area contributed by atoms with Crippen LogP contribution in [0.15, 0.2) is 36.4 Å². The van der Waals surface area contributed by atoms with Gasteiger partial charge in [-0.25, -0.2) is 9.59 Å². The zero-order valence-corrected chi connectivity index (χ0v) is 14.0. The van der Waals surface area contributed by atoms with Crippen LogP contribution in [-0.2, 0) is 9.47 Å². The van der Waals surface area contributed by atoms with Crippen LogP contribution in [0.5, 0.6) is 11.5 Å². The Morgan fingerprint density at radius 1 is 0.885 bits per heavy atom. The first-order valence-electron chi connectivity index (χ1n) is 7.55. The lowest BCUT2D eigenvalue weighted by Crippen LogP contribution is -2.16. The average molecular weight is 357 g/mol. The van der Waals surface area contributed by atoms with Crippen LogP contribution in [0.4, 0.5) is 5.69 Å². The quantitative estimate of drug-likeness (QED) is 0.838. The summed E-state index contributed by atoms with van der Waals surface area (Å²) in [5.41, 5.74) is 0.714. The molecule has 1 N–H and O–H groups in total. The van der Waals surface area contributed by atoms with Gasteiger partial charge in [-0.15, -0.1) is 0 Å². The normalized spacial score (nSPS) is 11.6. The molecule has 0 atom stereocenters. The molecule has 1 heterocycles. The number of hydrogen-bond acceptors (Lipinski definition) is 7. The van der Waals surface area contributed by atoms with Crippen LogP contribution in [0, 0.1) is 0 Å². The third kappa shape index (κ3) is 3.30. The molecule has 2 aromatic carbocycles. The molecule has 2 aromatic rings. The van der Waals surface area contributed by atoms with E-state index in [-0.39, 0.29) is 23.6 Å². The molecule has 26 heavy (non-hydrogen) atoms. The highest BCUT2D eigenvalue weighted by atomic mass is 16.7. The Kier molecular flexibility index (Phi) is 4.74. The van der Waals surface area contributed by atoms with Crippen molar-refractivity contribution in [3.05, 3.63) is 53.1 Å². The minimum absolute atomic E-state index is 0.0913. The van der Waals surface area contributed by atoms with E-state index in [1.807, 2.05) is 0 Å². The van der Waals surface area contributed by atoms with Crippen molar-refractivity contribution < 1.29 is 33.3 Å². The van der Waals surface area contributed by atoms with E-state index in [1.54, 1.807) is 12.1 Å². The molecule has 0 unspecified atom stereocenters. The number of benzene rings is 2. The number of rotatable bonds is 4. The second kappa shape index (κ2) is 7.14. The number of hydrogen-bond donors (Lipinski definition) is 1. The summed E-state index contributed by atoms with van der Waals surface area (Å²) in [5.74, 6) is -0.739. The summed E-state index contributed by atoms with van der Waals surface area (Å²) in [4.78, 5) is 36.2. The molecule has 0 radical (unpaired) electrons. The molecule has 8 nitrogen and oxygen atoms in total. The molecular weight excluding hydrogens is 342 g/mol. The van der Waals surface area contributed by atoms with Gasteiger partial charge in [-0.05, 0) is 36.4 Å². The average Bonchev–Trinajstić information content (AvgIpc) is 3.14. The molecule has 0 spiro atoms. The molecular formula is C18H15NO7. The van der Waals surface area contributed by atoms with E-state index < -0.39 is 17.8 Å². The van der Waals surface area contributed by atoms with E-state index >= 15 is 0 Å². The molecule has 3 rings (SSSR count). The molecule has 0 saturated carbocycles. The standard InChI is InChI=1S/C18H15NO7/c1-23-17(21)11-3-5-12(18(22)24-2)13(7-11)19-16(20)10-4-6-14-15(8-10)26-9-25-14/h3-8H,9H2,1-2H3,(H,19,20). The fraction of sp³-hybridized carbons (Fsp3) is 0.167. The first-order chi connectivity index (χ1) is 12.5. The molecule has 1 amide bonds. The van der Waals surface area contributed by atoms with E-state index in [9.17, 15) is 14.4 Å². The number of fused-ring (bicyclic) bond motifs is 1. The molecule has 8 heteroatoms. The van der Waals surface area contributed by atoms with Gasteiger partial charge >= 0.3 is 11.9 Å². The Hall–Kier alpha value is -3.55. The van der Waals surface area contributed by atoms with Gasteiger partial charge in [0.15, 0.2) is 11.5 Å². The highest BCUT2D eigenvalue weighted by Crippen LogP contribution is 2.32. The molecule has 1 aliphatic heterocycles. The first-order valence-corrected chi connectivity index (χ1v) is 7.55. The fourth-order valence-electron chi connectivity index (χ4n) is 2.41. The predicted molar refractivity (Wildman–Crippen MR) is 89.6 cm³/mol. The lowest BCUT2D eigenvalue weighted by Gasteiger charge is -2.11. The number of carbonyl (C=O) groups excluding carboxylic acids is 3. The lowest BCUT2D eigenvalue weighted by molar-refractivity contribution is 0.0587. The van der Waals surface area contributed by atoms with Crippen molar-refractivity contribution in [3.63, 3.8) is 0 Å². The van der Waals surface area contributed by atoms with E-state index in [0.717, 1.165) is 0 Å².